The minimum Gasteiger partial charge on any atom is -0.494 e. The van der Waals surface area contributed by atoms with Crippen LogP contribution < -0.4 is 20.1 Å². The normalized spacial score (nSPS) is 16.8. The summed E-state index contributed by atoms with van der Waals surface area (Å²) in [5.74, 6) is 0.317. The lowest BCUT2D eigenvalue weighted by Crippen LogP contribution is -2.51. The van der Waals surface area contributed by atoms with E-state index in [1.54, 1.807) is 6.07 Å². The van der Waals surface area contributed by atoms with E-state index in [4.69, 9.17) is 9.47 Å². The molecule has 4 aliphatic heterocycles. The average molecular weight is 608 g/mol. The fraction of sp³-hybridized carbons (Fsp3) is 0.278. The Morgan fingerprint density at radius 2 is 1.42 bits per heavy atom. The van der Waals surface area contributed by atoms with Crippen molar-refractivity contribution in [3.8, 4) is 11.5 Å². The van der Waals surface area contributed by atoms with Crippen LogP contribution in [-0.2, 0) is 28.9 Å². The monoisotopic (exact) mass is 607 g/mol. The third kappa shape index (κ3) is 9.15. The molecule has 45 heavy (non-hydrogen) atoms. The fourth-order valence-electron chi connectivity index (χ4n) is 5.11. The summed E-state index contributed by atoms with van der Waals surface area (Å²) < 4.78 is 11.7. The summed E-state index contributed by atoms with van der Waals surface area (Å²) in [5.41, 5.74) is 3.17. The highest BCUT2D eigenvalue weighted by Gasteiger charge is 2.25. The Hall–Kier alpha value is -5.18. The van der Waals surface area contributed by atoms with Crippen LogP contribution in [0.1, 0.15) is 56.9 Å². The summed E-state index contributed by atoms with van der Waals surface area (Å²) in [6, 6.07) is 25.8. The van der Waals surface area contributed by atoms with Gasteiger partial charge in [-0.3, -0.25) is 14.4 Å². The Morgan fingerprint density at radius 1 is 0.800 bits per heavy atom. The Kier molecular flexibility index (Phi) is 10.8. The summed E-state index contributed by atoms with van der Waals surface area (Å²) in [4.78, 5) is 54.5. The number of nitrogens with one attached hydrogen (secondary N) is 3. The van der Waals surface area contributed by atoms with Crippen LogP contribution in [0.15, 0.2) is 91.0 Å². The molecular formula is C36H37N3O6. The largest absolute Gasteiger partial charge is 0.494 e. The topological polar surface area (TPSA) is 127 Å². The molecule has 0 unspecified atom stereocenters. The molecule has 9 nitrogen and oxygen atoms in total. The fourth-order valence-corrected chi connectivity index (χ4v) is 5.11. The van der Waals surface area contributed by atoms with E-state index in [0.29, 0.717) is 43.8 Å². The zero-order chi connectivity index (χ0) is 31.4. The van der Waals surface area contributed by atoms with Crippen molar-refractivity contribution in [2.45, 2.75) is 50.6 Å². The van der Waals surface area contributed by atoms with Crippen molar-refractivity contribution < 1.29 is 28.7 Å². The lowest BCUT2D eigenvalue weighted by atomic mass is 10.0. The molecule has 2 amide bonds. The Morgan fingerprint density at radius 3 is 2.07 bits per heavy atom. The van der Waals surface area contributed by atoms with Gasteiger partial charge in [-0.1, -0.05) is 54.6 Å². The average Bonchev–Trinajstić information content (AvgIpc) is 3.57. The van der Waals surface area contributed by atoms with Gasteiger partial charge in [0.05, 0.1) is 24.9 Å². The number of ether oxygens (including phenoxy) is 2. The van der Waals surface area contributed by atoms with E-state index in [1.807, 2.05) is 78.9 Å². The predicted molar refractivity (Wildman–Crippen MR) is 170 cm³/mol. The number of hydrogen-bond donors (Lipinski definition) is 3. The first-order chi connectivity index (χ1) is 22.0. The van der Waals surface area contributed by atoms with E-state index in [1.165, 1.54) is 6.07 Å². The zero-order valence-electron chi connectivity index (χ0n) is 25.0. The van der Waals surface area contributed by atoms with Gasteiger partial charge < -0.3 is 29.9 Å². The summed E-state index contributed by atoms with van der Waals surface area (Å²) in [7, 11) is 0. The molecule has 9 heteroatoms. The number of aryl methyl sites for hydroxylation is 1. The maximum Gasteiger partial charge on any atom is 0.268 e. The molecule has 0 saturated heterocycles. The number of H-pyrrole nitrogens is 1. The molecule has 5 heterocycles. The van der Waals surface area contributed by atoms with Gasteiger partial charge in [-0.2, -0.15) is 0 Å². The summed E-state index contributed by atoms with van der Waals surface area (Å²) in [6.07, 6.45) is 3.64. The first kappa shape index (κ1) is 31.3. The Bertz CT molecular complexity index is 1580. The molecule has 0 radical (unpaired) electrons. The highest BCUT2D eigenvalue weighted by atomic mass is 16.5. The summed E-state index contributed by atoms with van der Waals surface area (Å²) in [5, 5.41) is 5.58. The molecule has 232 valence electrons. The van der Waals surface area contributed by atoms with E-state index >= 15 is 0 Å². The van der Waals surface area contributed by atoms with Gasteiger partial charge in [-0.05, 0) is 78.8 Å². The van der Waals surface area contributed by atoms with Crippen molar-refractivity contribution in [1.29, 1.82) is 0 Å². The van der Waals surface area contributed by atoms with Gasteiger partial charge in [0.25, 0.3) is 5.91 Å². The highest BCUT2D eigenvalue weighted by molar-refractivity contribution is 6.00. The molecule has 4 aromatic rings. The molecule has 3 aromatic carbocycles. The molecule has 0 aliphatic carbocycles. The number of carbonyl (C=O) groups is 4. The molecule has 3 N–H and O–H groups in total. The number of aromatic amines is 1. The lowest BCUT2D eigenvalue weighted by Gasteiger charge is -2.21. The summed E-state index contributed by atoms with van der Waals surface area (Å²) >= 11 is 0. The number of hydrogen-bond acceptors (Lipinski definition) is 6. The number of amides is 2. The number of rotatable bonds is 5. The van der Waals surface area contributed by atoms with Crippen LogP contribution in [0.5, 0.6) is 11.5 Å². The van der Waals surface area contributed by atoms with Crippen LogP contribution in [0, 0.1) is 0 Å². The minimum atomic E-state index is -0.988. The number of aldehydes is 1. The maximum absolute atomic E-state index is 13.5. The second-order valence-electron chi connectivity index (χ2n) is 11.1. The van der Waals surface area contributed by atoms with E-state index in [2.05, 4.69) is 15.6 Å². The van der Waals surface area contributed by atoms with Crippen LogP contribution >= 0.6 is 0 Å². The van der Waals surface area contributed by atoms with Crippen LogP contribution in [-0.4, -0.2) is 54.2 Å². The number of Topliss-reactive ketones (excluding diaryl/α,β-unsaturated/α-hetero) is 1. The third-order valence-corrected chi connectivity index (χ3v) is 7.65. The molecule has 4 aliphatic rings. The third-order valence-electron chi connectivity index (χ3n) is 7.65. The Balaban J connectivity index is 1.34. The smallest absolute Gasteiger partial charge is 0.268 e. The van der Waals surface area contributed by atoms with Crippen molar-refractivity contribution in [3.05, 3.63) is 119 Å². The van der Waals surface area contributed by atoms with Gasteiger partial charge in [0.2, 0.25) is 5.91 Å². The van der Waals surface area contributed by atoms with Crippen LogP contribution in [0.25, 0.3) is 0 Å². The molecule has 0 spiro atoms. The van der Waals surface area contributed by atoms with E-state index in [-0.39, 0.29) is 24.3 Å². The molecule has 0 saturated carbocycles. The van der Waals surface area contributed by atoms with Crippen molar-refractivity contribution in [2.75, 3.05) is 13.2 Å². The molecule has 1 aromatic heterocycles. The van der Waals surface area contributed by atoms with Gasteiger partial charge >= 0.3 is 0 Å². The van der Waals surface area contributed by atoms with Crippen molar-refractivity contribution in [1.82, 2.24) is 15.6 Å². The van der Waals surface area contributed by atoms with Crippen molar-refractivity contribution in [3.63, 3.8) is 0 Å². The van der Waals surface area contributed by atoms with E-state index in [0.717, 1.165) is 35.3 Å². The second kappa shape index (κ2) is 15.5. The lowest BCUT2D eigenvalue weighted by molar-refractivity contribution is -0.125. The first-order valence-electron chi connectivity index (χ1n) is 15.2. The molecule has 6 bridgehead atoms. The maximum atomic E-state index is 13.5. The predicted octanol–water partition coefficient (Wildman–Crippen LogP) is 4.65. The number of carbonyl (C=O) groups excluding carboxylic acids is 4. The Labute approximate surface area is 262 Å². The second-order valence-corrected chi connectivity index (χ2v) is 11.1. The standard InChI is InChI=1S/C36H37N3O6/c40-24-28(22-26-6-2-1-3-7-26)37-36(43)33-23-27-10-15-30(16-11-27)45-21-5-4-20-44-29-13-8-25(9-14-29)12-19-34(41)31-17-18-32(38-31)35(42)39-33/h1-3,6-11,13-18,24,28,33,38H,4-5,12,19-23H2,(H,37,43)(H,39,42)/t28-,33-/m0/s1. The number of ketones is 1. The summed E-state index contributed by atoms with van der Waals surface area (Å²) in [6.45, 7) is 1.10. The highest BCUT2D eigenvalue weighted by Crippen LogP contribution is 2.17. The SMILES string of the molecule is O=C[C@H](Cc1ccccc1)NC(=O)[C@@H]1Cc2ccc(cc2)OCCCCOc2ccc(cc2)CCC(=O)c2ccc([nH]2)C(=O)N1. The molecule has 2 atom stereocenters. The van der Waals surface area contributed by atoms with Crippen molar-refractivity contribution in [2.24, 2.45) is 0 Å². The van der Waals surface area contributed by atoms with Gasteiger partial charge in [0.15, 0.2) is 5.78 Å². The van der Waals surface area contributed by atoms with E-state index < -0.39 is 23.9 Å². The number of aromatic nitrogens is 1. The van der Waals surface area contributed by atoms with E-state index in [9.17, 15) is 19.2 Å². The van der Waals surface area contributed by atoms with Gasteiger partial charge in [0, 0.05) is 12.8 Å². The molecule has 8 rings (SSSR count). The quantitative estimate of drug-likeness (QED) is 0.284. The van der Waals surface area contributed by atoms with Crippen LogP contribution in [0.4, 0.5) is 0 Å². The zero-order valence-corrected chi connectivity index (χ0v) is 25.0. The van der Waals surface area contributed by atoms with Gasteiger partial charge in [0.1, 0.15) is 29.5 Å². The molecule has 0 fully saturated rings. The van der Waals surface area contributed by atoms with Crippen LogP contribution in [0.2, 0.25) is 0 Å². The first-order valence-corrected chi connectivity index (χ1v) is 15.2. The minimum absolute atomic E-state index is 0.129. The van der Waals surface area contributed by atoms with Gasteiger partial charge in [-0.15, -0.1) is 0 Å². The van der Waals surface area contributed by atoms with Gasteiger partial charge in [-0.25, -0.2) is 0 Å². The van der Waals surface area contributed by atoms with Crippen molar-refractivity contribution >= 4 is 23.9 Å². The van der Waals surface area contributed by atoms with Crippen LogP contribution in [0.3, 0.4) is 0 Å². The molecular weight excluding hydrogens is 570 g/mol. The number of benzene rings is 3.